The molecular weight excluding hydrogens is 148 g/mol. The maximum absolute atomic E-state index is 10.2. The molecule has 62 valence electrons. The van der Waals surface area contributed by atoms with E-state index in [0.29, 0.717) is 5.76 Å². The Morgan fingerprint density at radius 1 is 1.73 bits per heavy atom. The highest BCUT2D eigenvalue weighted by atomic mass is 16.7. The van der Waals surface area contributed by atoms with Crippen molar-refractivity contribution < 1.29 is 19.4 Å². The summed E-state index contributed by atoms with van der Waals surface area (Å²) < 4.78 is 10.2. The first-order valence-electron chi connectivity index (χ1n) is 3.26. The van der Waals surface area contributed by atoms with Gasteiger partial charge < -0.3 is 14.6 Å². The number of carboxylic acids is 1. The van der Waals surface area contributed by atoms with Gasteiger partial charge in [0, 0.05) is 13.8 Å². The van der Waals surface area contributed by atoms with Crippen LogP contribution in [-0.4, -0.2) is 23.5 Å². The van der Waals surface area contributed by atoms with Crippen LogP contribution in [-0.2, 0) is 14.3 Å². The number of aliphatic carboxylic acids is 1. The Morgan fingerprint density at radius 2 is 2.36 bits per heavy atom. The Hall–Kier alpha value is -1.03. The van der Waals surface area contributed by atoms with E-state index >= 15 is 0 Å². The largest absolute Gasteiger partial charge is 0.478 e. The molecule has 1 fully saturated rings. The van der Waals surface area contributed by atoms with Crippen molar-refractivity contribution in [1.82, 2.24) is 0 Å². The summed E-state index contributed by atoms with van der Waals surface area (Å²) in [5, 5.41) is 8.33. The van der Waals surface area contributed by atoms with Crippen molar-refractivity contribution in [2.24, 2.45) is 0 Å². The van der Waals surface area contributed by atoms with Crippen LogP contribution in [0.25, 0.3) is 0 Å². The summed E-state index contributed by atoms with van der Waals surface area (Å²) >= 11 is 0. The predicted octanol–water partition coefficient (Wildman–Crippen LogP) is 0.738. The van der Waals surface area contributed by atoms with Crippen LogP contribution in [0.4, 0.5) is 0 Å². The number of ether oxygens (including phenoxy) is 2. The molecule has 1 heterocycles. The van der Waals surface area contributed by atoms with Gasteiger partial charge in [0.25, 0.3) is 0 Å². The van der Waals surface area contributed by atoms with Gasteiger partial charge in [-0.05, 0) is 0 Å². The van der Waals surface area contributed by atoms with Crippen LogP contribution in [0, 0.1) is 0 Å². The maximum atomic E-state index is 10.2. The van der Waals surface area contributed by atoms with Gasteiger partial charge in [-0.3, -0.25) is 0 Å². The Morgan fingerprint density at radius 3 is 2.73 bits per heavy atom. The molecule has 0 spiro atoms. The number of hydrogen-bond acceptors (Lipinski definition) is 3. The molecular formula is C7H10O4. The molecule has 0 aliphatic carbocycles. The second-order valence-electron chi connectivity index (χ2n) is 2.74. The van der Waals surface area contributed by atoms with Crippen molar-refractivity contribution in [3.8, 4) is 0 Å². The molecule has 11 heavy (non-hydrogen) atoms. The van der Waals surface area contributed by atoms with Crippen molar-refractivity contribution in [2.75, 3.05) is 6.61 Å². The SMILES string of the molecule is CC1(C)OC/C(=C/C(=O)O)O1. The van der Waals surface area contributed by atoms with Gasteiger partial charge in [0.05, 0.1) is 6.08 Å². The van der Waals surface area contributed by atoms with Crippen LogP contribution in [0.15, 0.2) is 11.8 Å². The molecule has 0 bridgehead atoms. The molecule has 0 aromatic heterocycles. The van der Waals surface area contributed by atoms with Gasteiger partial charge in [-0.1, -0.05) is 0 Å². The molecule has 4 nitrogen and oxygen atoms in total. The fourth-order valence-electron chi connectivity index (χ4n) is 0.828. The third-order valence-corrected chi connectivity index (χ3v) is 1.22. The number of hydrogen-bond donors (Lipinski definition) is 1. The Labute approximate surface area is 64.4 Å². The van der Waals surface area contributed by atoms with Gasteiger partial charge in [-0.15, -0.1) is 0 Å². The van der Waals surface area contributed by atoms with E-state index in [-0.39, 0.29) is 6.61 Å². The molecule has 0 unspecified atom stereocenters. The second kappa shape index (κ2) is 2.54. The average Bonchev–Trinajstić information content (AvgIpc) is 2.08. The van der Waals surface area contributed by atoms with E-state index in [2.05, 4.69) is 0 Å². The lowest BCUT2D eigenvalue weighted by Gasteiger charge is -2.14. The Bertz CT molecular complexity index is 204. The van der Waals surface area contributed by atoms with Crippen LogP contribution in [0.2, 0.25) is 0 Å². The van der Waals surface area contributed by atoms with Crippen molar-refractivity contribution in [1.29, 1.82) is 0 Å². The fourth-order valence-corrected chi connectivity index (χ4v) is 0.828. The summed E-state index contributed by atoms with van der Waals surface area (Å²) in [6, 6.07) is 0. The van der Waals surface area contributed by atoms with E-state index in [4.69, 9.17) is 14.6 Å². The van der Waals surface area contributed by atoms with E-state index in [1.807, 2.05) is 0 Å². The molecule has 0 atom stereocenters. The number of carbonyl (C=O) groups is 1. The first kappa shape index (κ1) is 8.07. The van der Waals surface area contributed by atoms with Gasteiger partial charge in [-0.2, -0.15) is 0 Å². The van der Waals surface area contributed by atoms with Crippen LogP contribution >= 0.6 is 0 Å². The van der Waals surface area contributed by atoms with Gasteiger partial charge in [0.1, 0.15) is 12.4 Å². The van der Waals surface area contributed by atoms with Crippen molar-refractivity contribution in [3.05, 3.63) is 11.8 Å². The molecule has 0 aromatic rings. The van der Waals surface area contributed by atoms with Crippen molar-refractivity contribution in [2.45, 2.75) is 19.6 Å². The van der Waals surface area contributed by atoms with Gasteiger partial charge in [0.15, 0.2) is 0 Å². The Balaban J connectivity index is 2.61. The summed E-state index contributed by atoms with van der Waals surface area (Å²) in [7, 11) is 0. The lowest BCUT2D eigenvalue weighted by molar-refractivity contribution is -0.132. The van der Waals surface area contributed by atoms with Crippen LogP contribution in [0.5, 0.6) is 0 Å². The van der Waals surface area contributed by atoms with Crippen molar-refractivity contribution in [3.63, 3.8) is 0 Å². The Kier molecular flexibility index (Phi) is 1.87. The standard InChI is InChI=1S/C7H10O4/c1-7(2)10-4-5(11-7)3-6(8)9/h3H,4H2,1-2H3,(H,8,9)/b5-3-. The zero-order valence-electron chi connectivity index (χ0n) is 6.46. The van der Waals surface area contributed by atoms with E-state index < -0.39 is 11.8 Å². The normalized spacial score (nSPS) is 25.1. The molecule has 1 saturated heterocycles. The van der Waals surface area contributed by atoms with E-state index in [0.717, 1.165) is 6.08 Å². The summed E-state index contributed by atoms with van der Waals surface area (Å²) in [6.07, 6.45) is 1.01. The lowest BCUT2D eigenvalue weighted by atomic mass is 10.4. The quantitative estimate of drug-likeness (QED) is 0.572. The smallest absolute Gasteiger partial charge is 0.331 e. The van der Waals surface area contributed by atoms with E-state index in [1.54, 1.807) is 13.8 Å². The molecule has 4 heteroatoms. The fraction of sp³-hybridized carbons (Fsp3) is 0.571. The highest BCUT2D eigenvalue weighted by Crippen LogP contribution is 2.24. The average molecular weight is 158 g/mol. The molecule has 1 aliphatic heterocycles. The summed E-state index contributed by atoms with van der Waals surface area (Å²) in [6.45, 7) is 3.70. The first-order chi connectivity index (χ1) is 4.99. The lowest BCUT2D eigenvalue weighted by Crippen LogP contribution is -2.18. The molecule has 0 aromatic carbocycles. The third kappa shape index (κ3) is 2.23. The monoisotopic (exact) mass is 158 g/mol. The van der Waals surface area contributed by atoms with Gasteiger partial charge in [0.2, 0.25) is 5.79 Å². The third-order valence-electron chi connectivity index (χ3n) is 1.22. The minimum atomic E-state index is -1.01. The highest BCUT2D eigenvalue weighted by Gasteiger charge is 2.29. The zero-order valence-corrected chi connectivity index (χ0v) is 6.46. The minimum Gasteiger partial charge on any atom is -0.478 e. The maximum Gasteiger partial charge on any atom is 0.331 e. The number of rotatable bonds is 1. The van der Waals surface area contributed by atoms with Crippen LogP contribution in [0.3, 0.4) is 0 Å². The van der Waals surface area contributed by atoms with E-state index in [1.165, 1.54) is 0 Å². The molecule has 1 aliphatic rings. The topological polar surface area (TPSA) is 55.8 Å². The molecule has 0 radical (unpaired) electrons. The minimum absolute atomic E-state index is 0.235. The summed E-state index contributed by atoms with van der Waals surface area (Å²) in [5.74, 6) is -1.33. The molecule has 0 saturated carbocycles. The predicted molar refractivity (Wildman–Crippen MR) is 36.8 cm³/mol. The van der Waals surface area contributed by atoms with Crippen molar-refractivity contribution >= 4 is 5.97 Å². The van der Waals surface area contributed by atoms with Crippen LogP contribution in [0.1, 0.15) is 13.8 Å². The highest BCUT2D eigenvalue weighted by molar-refractivity contribution is 5.80. The summed E-state index contributed by atoms with van der Waals surface area (Å²) in [5.41, 5.74) is 0. The van der Waals surface area contributed by atoms with Crippen LogP contribution < -0.4 is 0 Å². The molecule has 0 amide bonds. The second-order valence-corrected chi connectivity index (χ2v) is 2.74. The van der Waals surface area contributed by atoms with Gasteiger partial charge in [-0.25, -0.2) is 4.79 Å². The number of carboxylic acid groups (broad SMARTS) is 1. The molecule has 1 N–H and O–H groups in total. The first-order valence-corrected chi connectivity index (χ1v) is 3.26. The van der Waals surface area contributed by atoms with E-state index in [9.17, 15) is 4.79 Å². The zero-order chi connectivity index (χ0) is 8.48. The molecule has 1 rings (SSSR count). The summed E-state index contributed by atoms with van der Waals surface area (Å²) in [4.78, 5) is 10.2. The van der Waals surface area contributed by atoms with Gasteiger partial charge >= 0.3 is 5.97 Å².